The Balaban J connectivity index is 1.82. The van der Waals surface area contributed by atoms with E-state index in [1.165, 1.54) is 19.1 Å². The van der Waals surface area contributed by atoms with Crippen LogP contribution >= 0.6 is 0 Å². The van der Waals surface area contributed by atoms with E-state index >= 15 is 0 Å². The zero-order valence-electron chi connectivity index (χ0n) is 9.36. The fourth-order valence-corrected chi connectivity index (χ4v) is 2.37. The molecule has 3 rings (SSSR count). The Hall–Kier alpha value is -1.85. The predicted octanol–water partition coefficient (Wildman–Crippen LogP) is 0.336. The Morgan fingerprint density at radius 3 is 2.88 bits per heavy atom. The molecule has 3 aliphatic rings. The summed E-state index contributed by atoms with van der Waals surface area (Å²) in [5.74, 6) is -0.626. The van der Waals surface area contributed by atoms with Gasteiger partial charge < -0.3 is 10.0 Å². The quantitative estimate of drug-likeness (QED) is 0.710. The highest BCUT2D eigenvalue weighted by molar-refractivity contribution is 5.96. The number of hydrazone groups is 1. The summed E-state index contributed by atoms with van der Waals surface area (Å²) in [5, 5.41) is 14.7. The highest BCUT2D eigenvalue weighted by Gasteiger charge is 2.37. The molecule has 0 aromatic rings. The number of amidine groups is 1. The number of hydrogen-bond donors (Lipinski definition) is 1. The number of carboxylic acid groups (broad SMARTS) is 1. The Labute approximate surface area is 98.9 Å². The van der Waals surface area contributed by atoms with Gasteiger partial charge in [0.2, 0.25) is 0 Å². The van der Waals surface area contributed by atoms with Crippen LogP contribution in [0.2, 0.25) is 0 Å². The second-order valence-electron chi connectivity index (χ2n) is 4.42. The van der Waals surface area contributed by atoms with Crippen LogP contribution in [0.25, 0.3) is 0 Å². The molecule has 0 spiro atoms. The lowest BCUT2D eigenvalue weighted by Crippen LogP contribution is -2.38. The molecule has 0 aromatic heterocycles. The van der Waals surface area contributed by atoms with Crippen molar-refractivity contribution in [3.05, 3.63) is 12.3 Å². The van der Waals surface area contributed by atoms with Gasteiger partial charge in [0.05, 0.1) is 0 Å². The molecule has 0 aromatic carbocycles. The van der Waals surface area contributed by atoms with E-state index in [4.69, 9.17) is 5.11 Å². The third-order valence-electron chi connectivity index (χ3n) is 3.31. The molecule has 2 atom stereocenters. The van der Waals surface area contributed by atoms with Crippen molar-refractivity contribution in [2.75, 3.05) is 13.1 Å². The average molecular weight is 234 g/mol. The minimum atomic E-state index is -0.874. The highest BCUT2D eigenvalue weighted by Crippen LogP contribution is 2.24. The normalized spacial score (nSPS) is 30.7. The molecule has 2 unspecified atom stereocenters. The van der Waals surface area contributed by atoms with Crippen molar-refractivity contribution in [3.8, 4) is 0 Å². The number of carboxylic acids is 1. The summed E-state index contributed by atoms with van der Waals surface area (Å²) in [6.45, 7) is 2.02. The van der Waals surface area contributed by atoms with E-state index in [2.05, 4.69) is 15.0 Å². The summed E-state index contributed by atoms with van der Waals surface area (Å²) >= 11 is 0. The third-order valence-corrected chi connectivity index (χ3v) is 3.31. The molecule has 1 saturated heterocycles. The number of carbonyl (C=O) groups is 1. The summed E-state index contributed by atoms with van der Waals surface area (Å²) in [5.41, 5.74) is 0. The maximum atomic E-state index is 11.1. The first-order chi connectivity index (χ1) is 8.25. The minimum Gasteiger partial charge on any atom is -0.481 e. The molecule has 0 radical (unpaired) electrons. The van der Waals surface area contributed by atoms with Crippen molar-refractivity contribution >= 4 is 18.0 Å². The van der Waals surface area contributed by atoms with Crippen molar-refractivity contribution in [2.24, 2.45) is 16.0 Å². The molecule has 6 heteroatoms. The van der Waals surface area contributed by atoms with Gasteiger partial charge in [0.1, 0.15) is 11.8 Å². The van der Waals surface area contributed by atoms with Crippen LogP contribution < -0.4 is 0 Å². The van der Waals surface area contributed by atoms with Crippen LogP contribution in [0.4, 0.5) is 0 Å². The van der Waals surface area contributed by atoms with Crippen molar-refractivity contribution in [1.29, 1.82) is 0 Å². The molecule has 0 aliphatic carbocycles. The molecule has 90 valence electrons. The molecule has 3 aliphatic heterocycles. The molecule has 3 heterocycles. The fraction of sp³-hybridized carbons (Fsp3) is 0.545. The standard InChI is InChI=1S/C11H14N4O2/c16-11(17)8-7-12-15-6-3-9(13-10(8)15)14-4-1-2-5-14/h3,6-8,10H,1-2,4-5H2,(H,16,17). The summed E-state index contributed by atoms with van der Waals surface area (Å²) in [6.07, 6.45) is 7.12. The van der Waals surface area contributed by atoms with Gasteiger partial charge in [-0.3, -0.25) is 4.79 Å². The molecular formula is C11H14N4O2. The van der Waals surface area contributed by atoms with Gasteiger partial charge in [-0.25, -0.2) is 10.0 Å². The summed E-state index contributed by atoms with van der Waals surface area (Å²) in [6, 6.07) is 0. The van der Waals surface area contributed by atoms with E-state index in [-0.39, 0.29) is 0 Å². The van der Waals surface area contributed by atoms with Crippen LogP contribution in [0.3, 0.4) is 0 Å². The van der Waals surface area contributed by atoms with Gasteiger partial charge in [0.15, 0.2) is 6.17 Å². The van der Waals surface area contributed by atoms with E-state index in [1.807, 2.05) is 12.3 Å². The van der Waals surface area contributed by atoms with Crippen LogP contribution in [0.1, 0.15) is 12.8 Å². The number of aliphatic imine (C=N–C) groups is 1. The Morgan fingerprint density at radius 2 is 2.18 bits per heavy atom. The van der Waals surface area contributed by atoms with Crippen LogP contribution in [-0.4, -0.2) is 52.3 Å². The van der Waals surface area contributed by atoms with Crippen molar-refractivity contribution in [3.63, 3.8) is 0 Å². The average Bonchev–Trinajstić information content (AvgIpc) is 2.97. The van der Waals surface area contributed by atoms with Gasteiger partial charge in [-0.1, -0.05) is 0 Å². The van der Waals surface area contributed by atoms with Gasteiger partial charge in [0, 0.05) is 25.5 Å². The van der Waals surface area contributed by atoms with Gasteiger partial charge >= 0.3 is 5.97 Å². The zero-order valence-corrected chi connectivity index (χ0v) is 9.36. The first kappa shape index (κ1) is 10.3. The van der Waals surface area contributed by atoms with E-state index in [0.29, 0.717) is 0 Å². The first-order valence-corrected chi connectivity index (χ1v) is 5.82. The number of hydrogen-bond acceptors (Lipinski definition) is 5. The summed E-state index contributed by atoms with van der Waals surface area (Å²) in [4.78, 5) is 17.8. The van der Waals surface area contributed by atoms with Crippen LogP contribution in [0.5, 0.6) is 0 Å². The van der Waals surface area contributed by atoms with Crippen molar-refractivity contribution in [1.82, 2.24) is 9.91 Å². The lowest BCUT2D eigenvalue weighted by atomic mass is 10.1. The number of aliphatic carboxylic acids is 1. The smallest absolute Gasteiger partial charge is 0.316 e. The maximum Gasteiger partial charge on any atom is 0.316 e. The monoisotopic (exact) mass is 234 g/mol. The molecule has 17 heavy (non-hydrogen) atoms. The Morgan fingerprint density at radius 1 is 1.41 bits per heavy atom. The highest BCUT2D eigenvalue weighted by atomic mass is 16.4. The van der Waals surface area contributed by atoms with Crippen LogP contribution in [0, 0.1) is 5.92 Å². The van der Waals surface area contributed by atoms with Gasteiger partial charge in [-0.15, -0.1) is 0 Å². The molecule has 1 N–H and O–H groups in total. The van der Waals surface area contributed by atoms with Gasteiger partial charge in [-0.05, 0) is 18.9 Å². The fourth-order valence-electron chi connectivity index (χ4n) is 2.37. The molecule has 0 saturated carbocycles. The van der Waals surface area contributed by atoms with Gasteiger partial charge in [0.25, 0.3) is 0 Å². The van der Waals surface area contributed by atoms with E-state index in [0.717, 1.165) is 18.9 Å². The van der Waals surface area contributed by atoms with Gasteiger partial charge in [-0.2, -0.15) is 5.10 Å². The number of rotatable bonds is 1. The lowest BCUT2D eigenvalue weighted by Gasteiger charge is -2.27. The van der Waals surface area contributed by atoms with E-state index in [9.17, 15) is 4.79 Å². The molecule has 0 bridgehead atoms. The van der Waals surface area contributed by atoms with E-state index < -0.39 is 18.1 Å². The second kappa shape index (κ2) is 3.87. The summed E-state index contributed by atoms with van der Waals surface area (Å²) in [7, 11) is 0. The molecule has 6 nitrogen and oxygen atoms in total. The Bertz CT molecular complexity index is 423. The van der Waals surface area contributed by atoms with Crippen molar-refractivity contribution < 1.29 is 9.90 Å². The Kier molecular flexibility index (Phi) is 2.35. The number of likely N-dealkylation sites (tertiary alicyclic amines) is 1. The summed E-state index contributed by atoms with van der Waals surface area (Å²) < 4.78 is 0. The predicted molar refractivity (Wildman–Crippen MR) is 62.6 cm³/mol. The van der Waals surface area contributed by atoms with Crippen LogP contribution in [0.15, 0.2) is 22.4 Å². The molecule has 0 amide bonds. The third kappa shape index (κ3) is 1.69. The maximum absolute atomic E-state index is 11.1. The number of nitrogens with zero attached hydrogens (tertiary/aromatic N) is 4. The SMILES string of the molecule is O=C(O)C1C=NN2C=CC(N3CCCC3)=NC12. The lowest BCUT2D eigenvalue weighted by molar-refractivity contribution is -0.140. The van der Waals surface area contributed by atoms with E-state index in [1.54, 1.807) is 5.01 Å². The second-order valence-corrected chi connectivity index (χ2v) is 4.42. The molecular weight excluding hydrogens is 220 g/mol. The largest absolute Gasteiger partial charge is 0.481 e. The zero-order chi connectivity index (χ0) is 11.8. The van der Waals surface area contributed by atoms with Crippen molar-refractivity contribution in [2.45, 2.75) is 19.0 Å². The molecule has 1 fully saturated rings. The minimum absolute atomic E-state index is 0.409. The van der Waals surface area contributed by atoms with Crippen LogP contribution in [-0.2, 0) is 4.79 Å². The number of fused-ring (bicyclic) bond motifs is 1. The first-order valence-electron chi connectivity index (χ1n) is 5.82. The topological polar surface area (TPSA) is 68.5 Å².